The van der Waals surface area contributed by atoms with Gasteiger partial charge in [0.25, 0.3) is 0 Å². The molecule has 0 fully saturated rings. The number of methoxy groups -OCH3 is 1. The standard InChI is InChI=1S/C19H21ClN2O3/c1-13-4-9-18(25-3)17(10-13)21-19(24)12-22(14(2)23)11-15-5-7-16(20)8-6-15/h4-10H,11-12H2,1-3H3,(H,21,24). The number of hydrogen-bond donors (Lipinski definition) is 1. The average molecular weight is 361 g/mol. The molecule has 0 heterocycles. The highest BCUT2D eigenvalue weighted by atomic mass is 35.5. The third kappa shape index (κ3) is 5.50. The first-order chi connectivity index (χ1) is 11.9. The molecule has 25 heavy (non-hydrogen) atoms. The molecule has 0 aromatic heterocycles. The maximum absolute atomic E-state index is 12.4. The van der Waals surface area contributed by atoms with Crippen LogP contribution in [0.5, 0.6) is 5.75 Å². The fourth-order valence-corrected chi connectivity index (χ4v) is 2.50. The lowest BCUT2D eigenvalue weighted by atomic mass is 10.2. The number of halogens is 1. The first kappa shape index (κ1) is 18.8. The van der Waals surface area contributed by atoms with Crippen molar-refractivity contribution in [2.45, 2.75) is 20.4 Å². The number of ether oxygens (including phenoxy) is 1. The first-order valence-corrected chi connectivity index (χ1v) is 8.21. The van der Waals surface area contributed by atoms with Gasteiger partial charge in [-0.2, -0.15) is 0 Å². The summed E-state index contributed by atoms with van der Waals surface area (Å²) in [5, 5.41) is 3.43. The number of nitrogens with one attached hydrogen (secondary N) is 1. The van der Waals surface area contributed by atoms with Crippen LogP contribution in [-0.2, 0) is 16.1 Å². The Kier molecular flexibility index (Phi) is 6.42. The Morgan fingerprint density at radius 2 is 1.84 bits per heavy atom. The average Bonchev–Trinajstić information content (AvgIpc) is 2.56. The second-order valence-electron chi connectivity index (χ2n) is 5.75. The van der Waals surface area contributed by atoms with Crippen molar-refractivity contribution < 1.29 is 14.3 Å². The number of hydrogen-bond acceptors (Lipinski definition) is 3. The molecule has 0 saturated heterocycles. The lowest BCUT2D eigenvalue weighted by molar-refractivity contribution is -0.133. The molecule has 2 rings (SSSR count). The second kappa shape index (κ2) is 8.53. The monoisotopic (exact) mass is 360 g/mol. The molecule has 0 bridgehead atoms. The van der Waals surface area contributed by atoms with Gasteiger partial charge in [0, 0.05) is 18.5 Å². The van der Waals surface area contributed by atoms with Gasteiger partial charge >= 0.3 is 0 Å². The van der Waals surface area contributed by atoms with Gasteiger partial charge in [-0.1, -0.05) is 29.8 Å². The van der Waals surface area contributed by atoms with Crippen LogP contribution in [0.2, 0.25) is 5.02 Å². The SMILES string of the molecule is COc1ccc(C)cc1NC(=O)CN(Cc1ccc(Cl)cc1)C(C)=O. The van der Waals surface area contributed by atoms with E-state index in [9.17, 15) is 9.59 Å². The largest absolute Gasteiger partial charge is 0.495 e. The number of aryl methyl sites for hydroxylation is 1. The van der Waals surface area contributed by atoms with Gasteiger partial charge in [-0.3, -0.25) is 9.59 Å². The van der Waals surface area contributed by atoms with Gasteiger partial charge in [0.1, 0.15) is 12.3 Å². The number of benzene rings is 2. The molecule has 0 unspecified atom stereocenters. The molecule has 2 aromatic carbocycles. The van der Waals surface area contributed by atoms with Crippen LogP contribution < -0.4 is 10.1 Å². The van der Waals surface area contributed by atoms with Gasteiger partial charge in [0.2, 0.25) is 11.8 Å². The van der Waals surface area contributed by atoms with Crippen LogP contribution in [0.1, 0.15) is 18.1 Å². The molecule has 0 aliphatic carbocycles. The topological polar surface area (TPSA) is 58.6 Å². The van der Waals surface area contributed by atoms with E-state index in [1.807, 2.05) is 31.2 Å². The van der Waals surface area contributed by atoms with Crippen molar-refractivity contribution in [3.05, 3.63) is 58.6 Å². The number of carbonyl (C=O) groups is 2. The van der Waals surface area contributed by atoms with Gasteiger partial charge < -0.3 is 15.0 Å². The van der Waals surface area contributed by atoms with E-state index >= 15 is 0 Å². The van der Waals surface area contributed by atoms with Gasteiger partial charge in [-0.05, 0) is 42.3 Å². The highest BCUT2D eigenvalue weighted by Crippen LogP contribution is 2.25. The Morgan fingerprint density at radius 1 is 1.16 bits per heavy atom. The van der Waals surface area contributed by atoms with Gasteiger partial charge in [-0.15, -0.1) is 0 Å². The summed E-state index contributed by atoms with van der Waals surface area (Å²) in [5.74, 6) is 0.111. The smallest absolute Gasteiger partial charge is 0.244 e. The molecule has 2 aromatic rings. The normalized spacial score (nSPS) is 10.2. The molecule has 0 saturated carbocycles. The Labute approximate surface area is 152 Å². The Morgan fingerprint density at radius 3 is 2.44 bits per heavy atom. The molecule has 1 N–H and O–H groups in total. The minimum absolute atomic E-state index is 0.0466. The van der Waals surface area contributed by atoms with Crippen molar-refractivity contribution in [2.75, 3.05) is 19.0 Å². The number of anilines is 1. The van der Waals surface area contributed by atoms with Crippen LogP contribution >= 0.6 is 11.6 Å². The van der Waals surface area contributed by atoms with E-state index in [1.165, 1.54) is 11.8 Å². The summed E-state index contributed by atoms with van der Waals surface area (Å²) >= 11 is 5.87. The molecule has 0 aliphatic rings. The molecule has 0 atom stereocenters. The third-order valence-electron chi connectivity index (χ3n) is 3.70. The molecule has 2 amide bonds. The molecular formula is C19H21ClN2O3. The van der Waals surface area contributed by atoms with Crippen LogP contribution in [0.15, 0.2) is 42.5 Å². The van der Waals surface area contributed by atoms with Crippen molar-refractivity contribution in [2.24, 2.45) is 0 Å². The molecule has 0 spiro atoms. The lowest BCUT2D eigenvalue weighted by Gasteiger charge is -2.21. The summed E-state index contributed by atoms with van der Waals surface area (Å²) in [6, 6.07) is 12.7. The predicted octanol–water partition coefficient (Wildman–Crippen LogP) is 3.64. The summed E-state index contributed by atoms with van der Waals surface area (Å²) in [4.78, 5) is 25.7. The minimum atomic E-state index is -0.284. The minimum Gasteiger partial charge on any atom is -0.495 e. The van der Waals surface area contributed by atoms with E-state index < -0.39 is 0 Å². The summed E-state index contributed by atoms with van der Waals surface area (Å²) in [5.41, 5.74) is 2.49. The van der Waals surface area contributed by atoms with Crippen molar-refractivity contribution >= 4 is 29.1 Å². The zero-order valence-corrected chi connectivity index (χ0v) is 15.3. The molecule has 132 valence electrons. The summed E-state index contributed by atoms with van der Waals surface area (Å²) < 4.78 is 5.25. The van der Waals surface area contributed by atoms with Gasteiger partial charge in [-0.25, -0.2) is 0 Å². The van der Waals surface area contributed by atoms with Gasteiger partial charge in [0.15, 0.2) is 0 Å². The Hall–Kier alpha value is -2.53. The molecule has 0 radical (unpaired) electrons. The zero-order valence-electron chi connectivity index (χ0n) is 14.5. The Bertz CT molecular complexity index is 760. The van der Waals surface area contributed by atoms with E-state index in [0.29, 0.717) is 23.0 Å². The zero-order chi connectivity index (χ0) is 18.4. The van der Waals surface area contributed by atoms with E-state index in [2.05, 4.69) is 5.32 Å². The lowest BCUT2D eigenvalue weighted by Crippen LogP contribution is -2.36. The maximum atomic E-state index is 12.4. The fraction of sp³-hybridized carbons (Fsp3) is 0.263. The van der Waals surface area contributed by atoms with E-state index in [0.717, 1.165) is 11.1 Å². The van der Waals surface area contributed by atoms with Crippen molar-refractivity contribution in [1.82, 2.24) is 4.90 Å². The van der Waals surface area contributed by atoms with Crippen molar-refractivity contribution in [3.63, 3.8) is 0 Å². The van der Waals surface area contributed by atoms with Crippen LogP contribution in [0, 0.1) is 6.92 Å². The number of carbonyl (C=O) groups excluding carboxylic acids is 2. The van der Waals surface area contributed by atoms with Crippen LogP contribution in [0.25, 0.3) is 0 Å². The number of amides is 2. The highest BCUT2D eigenvalue weighted by molar-refractivity contribution is 6.30. The Balaban J connectivity index is 2.06. The highest BCUT2D eigenvalue weighted by Gasteiger charge is 2.15. The predicted molar refractivity (Wildman–Crippen MR) is 98.9 cm³/mol. The van der Waals surface area contributed by atoms with Crippen molar-refractivity contribution in [1.29, 1.82) is 0 Å². The fourth-order valence-electron chi connectivity index (χ4n) is 2.37. The molecule has 0 aliphatic heterocycles. The van der Waals surface area contributed by atoms with E-state index in [1.54, 1.807) is 25.3 Å². The number of nitrogens with zero attached hydrogens (tertiary/aromatic N) is 1. The van der Waals surface area contributed by atoms with Crippen LogP contribution in [-0.4, -0.2) is 30.4 Å². The van der Waals surface area contributed by atoms with Crippen LogP contribution in [0.3, 0.4) is 0 Å². The third-order valence-corrected chi connectivity index (χ3v) is 3.95. The second-order valence-corrected chi connectivity index (χ2v) is 6.19. The molecular weight excluding hydrogens is 340 g/mol. The maximum Gasteiger partial charge on any atom is 0.244 e. The van der Waals surface area contributed by atoms with Crippen LogP contribution in [0.4, 0.5) is 5.69 Å². The van der Waals surface area contributed by atoms with E-state index in [-0.39, 0.29) is 18.4 Å². The first-order valence-electron chi connectivity index (χ1n) is 7.83. The summed E-state index contributed by atoms with van der Waals surface area (Å²) in [6.45, 7) is 3.66. The van der Waals surface area contributed by atoms with Gasteiger partial charge in [0.05, 0.1) is 12.8 Å². The molecule has 6 heteroatoms. The number of rotatable bonds is 6. The summed E-state index contributed by atoms with van der Waals surface area (Å²) in [6.07, 6.45) is 0. The summed E-state index contributed by atoms with van der Waals surface area (Å²) in [7, 11) is 1.54. The van der Waals surface area contributed by atoms with Crippen molar-refractivity contribution in [3.8, 4) is 5.75 Å². The quantitative estimate of drug-likeness (QED) is 0.855. The molecule has 5 nitrogen and oxygen atoms in total. The van der Waals surface area contributed by atoms with E-state index in [4.69, 9.17) is 16.3 Å².